The molecule has 0 unspecified atom stereocenters. The minimum absolute atomic E-state index is 0.0102. The quantitative estimate of drug-likeness (QED) is 0.382. The molecular formula is C19H18BrN5O3S. The van der Waals surface area contributed by atoms with E-state index in [2.05, 4.69) is 43.3 Å². The van der Waals surface area contributed by atoms with Gasteiger partial charge in [0, 0.05) is 6.54 Å². The molecule has 3 rings (SSSR count). The third-order valence-corrected chi connectivity index (χ3v) is 5.08. The third-order valence-electron chi connectivity index (χ3n) is 3.69. The van der Waals surface area contributed by atoms with Crippen molar-refractivity contribution >= 4 is 39.6 Å². The van der Waals surface area contributed by atoms with E-state index in [1.165, 1.54) is 17.8 Å². The molecule has 0 atom stereocenters. The van der Waals surface area contributed by atoms with E-state index in [1.54, 1.807) is 12.1 Å². The van der Waals surface area contributed by atoms with Crippen LogP contribution in [0.4, 0.5) is 4.79 Å². The number of rotatable bonds is 8. The zero-order valence-electron chi connectivity index (χ0n) is 15.3. The SMILES string of the molecule is C=CCNC(=O)NC(=O)CSc1nnc(-c2ccc(Br)o2)n1Cc1ccccc1. The highest BCUT2D eigenvalue weighted by Gasteiger charge is 2.19. The van der Waals surface area contributed by atoms with Crippen LogP contribution in [0.15, 0.2) is 69.4 Å². The van der Waals surface area contributed by atoms with Crippen LogP contribution >= 0.6 is 27.7 Å². The molecule has 0 saturated carbocycles. The van der Waals surface area contributed by atoms with E-state index in [1.807, 2.05) is 34.9 Å². The van der Waals surface area contributed by atoms with Gasteiger partial charge in [-0.25, -0.2) is 4.79 Å². The summed E-state index contributed by atoms with van der Waals surface area (Å²) >= 11 is 4.48. The number of carbonyl (C=O) groups is 2. The van der Waals surface area contributed by atoms with Gasteiger partial charge in [0.15, 0.2) is 15.6 Å². The monoisotopic (exact) mass is 475 g/mol. The molecule has 3 amide bonds. The maximum Gasteiger partial charge on any atom is 0.321 e. The Morgan fingerprint density at radius 2 is 2.00 bits per heavy atom. The number of benzene rings is 1. The lowest BCUT2D eigenvalue weighted by molar-refractivity contribution is -0.117. The summed E-state index contributed by atoms with van der Waals surface area (Å²) in [5.74, 6) is 0.677. The van der Waals surface area contributed by atoms with E-state index in [9.17, 15) is 9.59 Å². The smallest absolute Gasteiger partial charge is 0.321 e. The molecule has 0 radical (unpaired) electrons. The van der Waals surface area contributed by atoms with Crippen LogP contribution in [-0.4, -0.2) is 39.0 Å². The molecule has 2 aromatic heterocycles. The fourth-order valence-electron chi connectivity index (χ4n) is 2.42. The van der Waals surface area contributed by atoms with Gasteiger partial charge < -0.3 is 9.73 Å². The minimum atomic E-state index is -0.567. The summed E-state index contributed by atoms with van der Waals surface area (Å²) in [5, 5.41) is 13.7. The van der Waals surface area contributed by atoms with Crippen molar-refractivity contribution < 1.29 is 14.0 Å². The van der Waals surface area contributed by atoms with Gasteiger partial charge in [-0.2, -0.15) is 0 Å². The van der Waals surface area contributed by atoms with Gasteiger partial charge in [-0.15, -0.1) is 16.8 Å². The molecule has 0 aliphatic carbocycles. The standard InChI is InChI=1S/C19H18BrN5O3S/c1-2-10-21-18(27)22-16(26)12-29-19-24-23-17(14-8-9-15(20)28-14)25(19)11-13-6-4-3-5-7-13/h2-9H,1,10-12H2,(H2,21,22,26,27). The van der Waals surface area contributed by atoms with E-state index in [0.29, 0.717) is 28.0 Å². The largest absolute Gasteiger partial charge is 0.446 e. The fraction of sp³-hybridized carbons (Fsp3) is 0.158. The molecule has 0 aliphatic heterocycles. The van der Waals surface area contributed by atoms with Gasteiger partial charge >= 0.3 is 6.03 Å². The van der Waals surface area contributed by atoms with Gasteiger partial charge in [0.1, 0.15) is 0 Å². The summed E-state index contributed by atoms with van der Waals surface area (Å²) in [6.07, 6.45) is 1.53. The zero-order valence-corrected chi connectivity index (χ0v) is 17.7. The Morgan fingerprint density at radius 3 is 2.69 bits per heavy atom. The van der Waals surface area contributed by atoms with Crippen LogP contribution < -0.4 is 10.6 Å². The molecule has 2 heterocycles. The van der Waals surface area contributed by atoms with Crippen LogP contribution in [0, 0.1) is 0 Å². The molecule has 0 bridgehead atoms. The molecule has 1 aromatic carbocycles. The first-order chi connectivity index (χ1) is 14.1. The van der Waals surface area contributed by atoms with E-state index in [0.717, 1.165) is 5.56 Å². The number of thioether (sulfide) groups is 1. The molecule has 150 valence electrons. The number of urea groups is 1. The van der Waals surface area contributed by atoms with Crippen LogP contribution in [0.5, 0.6) is 0 Å². The molecule has 10 heteroatoms. The number of hydrogen-bond acceptors (Lipinski definition) is 6. The Morgan fingerprint density at radius 1 is 1.21 bits per heavy atom. The summed E-state index contributed by atoms with van der Waals surface area (Å²) in [4.78, 5) is 23.6. The molecule has 0 spiro atoms. The Kier molecular flexibility index (Phi) is 7.25. The van der Waals surface area contributed by atoms with E-state index in [4.69, 9.17) is 4.42 Å². The number of furan rings is 1. The topological polar surface area (TPSA) is 102 Å². The lowest BCUT2D eigenvalue weighted by Crippen LogP contribution is -2.40. The van der Waals surface area contributed by atoms with Crippen LogP contribution in [-0.2, 0) is 11.3 Å². The molecule has 0 saturated heterocycles. The van der Waals surface area contributed by atoms with Gasteiger partial charge in [0.25, 0.3) is 0 Å². The first-order valence-electron chi connectivity index (χ1n) is 8.61. The normalized spacial score (nSPS) is 10.5. The van der Waals surface area contributed by atoms with Crippen molar-refractivity contribution in [1.29, 1.82) is 0 Å². The second kappa shape index (κ2) is 10.1. The number of amides is 3. The third kappa shape index (κ3) is 5.81. The van der Waals surface area contributed by atoms with Crippen molar-refractivity contribution in [3.05, 3.63) is 65.4 Å². The highest BCUT2D eigenvalue weighted by molar-refractivity contribution is 9.10. The molecule has 3 aromatic rings. The lowest BCUT2D eigenvalue weighted by atomic mass is 10.2. The predicted octanol–water partition coefficient (Wildman–Crippen LogP) is 3.45. The van der Waals surface area contributed by atoms with Gasteiger partial charge in [-0.3, -0.25) is 14.7 Å². The van der Waals surface area contributed by atoms with Crippen molar-refractivity contribution in [1.82, 2.24) is 25.4 Å². The molecule has 0 fully saturated rings. The van der Waals surface area contributed by atoms with Gasteiger partial charge in [0.05, 0.1) is 12.3 Å². The first-order valence-corrected chi connectivity index (χ1v) is 10.4. The highest BCUT2D eigenvalue weighted by atomic mass is 79.9. The Balaban J connectivity index is 1.75. The number of carbonyl (C=O) groups excluding carboxylic acids is 2. The van der Waals surface area contributed by atoms with E-state index < -0.39 is 11.9 Å². The van der Waals surface area contributed by atoms with E-state index in [-0.39, 0.29) is 12.3 Å². The number of nitrogens with one attached hydrogen (secondary N) is 2. The molecule has 8 nitrogen and oxygen atoms in total. The number of hydrogen-bond donors (Lipinski definition) is 2. The summed E-state index contributed by atoms with van der Waals surface area (Å²) in [5.41, 5.74) is 1.05. The summed E-state index contributed by atoms with van der Waals surface area (Å²) in [6.45, 7) is 4.28. The van der Waals surface area contributed by atoms with Crippen molar-refractivity contribution in [2.45, 2.75) is 11.7 Å². The Labute approximate surface area is 179 Å². The second-order valence-corrected chi connectivity index (χ2v) is 7.54. The van der Waals surface area contributed by atoms with Crippen LogP contribution in [0.2, 0.25) is 0 Å². The minimum Gasteiger partial charge on any atom is -0.446 e. The predicted molar refractivity (Wildman–Crippen MR) is 113 cm³/mol. The summed E-state index contributed by atoms with van der Waals surface area (Å²) in [6, 6.07) is 12.8. The van der Waals surface area contributed by atoms with Gasteiger partial charge in [0.2, 0.25) is 11.7 Å². The van der Waals surface area contributed by atoms with Crippen molar-refractivity contribution in [3.8, 4) is 11.6 Å². The first kappa shape index (κ1) is 20.9. The van der Waals surface area contributed by atoms with Crippen LogP contribution in [0.25, 0.3) is 11.6 Å². The molecule has 2 N–H and O–H groups in total. The average Bonchev–Trinajstić information content (AvgIpc) is 3.31. The van der Waals surface area contributed by atoms with E-state index >= 15 is 0 Å². The highest BCUT2D eigenvalue weighted by Crippen LogP contribution is 2.28. The Bertz CT molecular complexity index is 1000. The molecule has 0 aliphatic rings. The lowest BCUT2D eigenvalue weighted by Gasteiger charge is -2.09. The number of halogens is 1. The molecule has 29 heavy (non-hydrogen) atoms. The van der Waals surface area contributed by atoms with Crippen molar-refractivity contribution in [2.75, 3.05) is 12.3 Å². The maximum atomic E-state index is 12.0. The fourth-order valence-corrected chi connectivity index (χ4v) is 3.47. The summed E-state index contributed by atoms with van der Waals surface area (Å²) < 4.78 is 8.08. The van der Waals surface area contributed by atoms with Gasteiger partial charge in [-0.05, 0) is 33.6 Å². The van der Waals surface area contributed by atoms with Crippen LogP contribution in [0.1, 0.15) is 5.56 Å². The average molecular weight is 476 g/mol. The summed E-state index contributed by atoms with van der Waals surface area (Å²) in [7, 11) is 0. The van der Waals surface area contributed by atoms with Crippen molar-refractivity contribution in [3.63, 3.8) is 0 Å². The Hall–Kier alpha value is -2.85. The van der Waals surface area contributed by atoms with Gasteiger partial charge in [-0.1, -0.05) is 48.2 Å². The number of nitrogens with zero attached hydrogens (tertiary/aromatic N) is 3. The maximum absolute atomic E-state index is 12.0. The van der Waals surface area contributed by atoms with Crippen LogP contribution in [0.3, 0.4) is 0 Å². The zero-order chi connectivity index (χ0) is 20.6. The second-order valence-electron chi connectivity index (χ2n) is 5.82. The number of imide groups is 1. The molecular weight excluding hydrogens is 458 g/mol. The van der Waals surface area contributed by atoms with Crippen molar-refractivity contribution in [2.24, 2.45) is 0 Å². The number of aromatic nitrogens is 3.